The molecule has 0 bridgehead atoms. The lowest BCUT2D eigenvalue weighted by molar-refractivity contribution is -0.138. The van der Waals surface area contributed by atoms with Gasteiger partial charge in [0.2, 0.25) is 0 Å². The second kappa shape index (κ2) is 8.96. The molecular formula is C22H26N2O5. The second-order valence-electron chi connectivity index (χ2n) is 7.37. The molecule has 0 fully saturated rings. The number of nitrogens with zero attached hydrogens (tertiary/aromatic N) is 2. The van der Waals surface area contributed by atoms with Crippen LogP contribution in [0.15, 0.2) is 52.8 Å². The van der Waals surface area contributed by atoms with Gasteiger partial charge >= 0.3 is 0 Å². The zero-order valence-electron chi connectivity index (χ0n) is 16.9. The Morgan fingerprint density at radius 3 is 2.45 bits per heavy atom. The van der Waals surface area contributed by atoms with Crippen molar-refractivity contribution < 1.29 is 23.8 Å². The highest BCUT2D eigenvalue weighted by Crippen LogP contribution is 2.33. The minimum Gasteiger partial charge on any atom is -0.493 e. The summed E-state index contributed by atoms with van der Waals surface area (Å²) in [5, 5.41) is 9.31. The maximum absolute atomic E-state index is 13.1. The van der Waals surface area contributed by atoms with Crippen molar-refractivity contribution >= 4 is 17.4 Å². The number of ether oxygens (including phenoxy) is 1. The van der Waals surface area contributed by atoms with Gasteiger partial charge in [0.15, 0.2) is 0 Å². The number of carbonyl (C=O) groups is 2. The van der Waals surface area contributed by atoms with E-state index in [0.717, 1.165) is 0 Å². The van der Waals surface area contributed by atoms with Crippen molar-refractivity contribution in [1.29, 1.82) is 0 Å². The van der Waals surface area contributed by atoms with Gasteiger partial charge < -0.3 is 19.2 Å². The molecule has 1 aliphatic heterocycles. The first-order valence-electron chi connectivity index (χ1n) is 9.60. The van der Waals surface area contributed by atoms with Crippen molar-refractivity contribution in [3.8, 4) is 5.75 Å². The number of furan rings is 1. The van der Waals surface area contributed by atoms with E-state index in [4.69, 9.17) is 9.15 Å². The van der Waals surface area contributed by atoms with Crippen LogP contribution in [0.2, 0.25) is 0 Å². The lowest BCUT2D eigenvalue weighted by Gasteiger charge is -2.20. The zero-order valence-corrected chi connectivity index (χ0v) is 16.9. The van der Waals surface area contributed by atoms with Gasteiger partial charge in [-0.15, -0.1) is 0 Å². The molecule has 7 heteroatoms. The number of carbonyl (C=O) groups excluding carboxylic acids is 2. The molecule has 29 heavy (non-hydrogen) atoms. The molecule has 2 aromatic rings. The van der Waals surface area contributed by atoms with Crippen LogP contribution < -0.4 is 4.74 Å². The maximum Gasteiger partial charge on any atom is 0.278 e. The lowest BCUT2D eigenvalue weighted by Crippen LogP contribution is -2.34. The van der Waals surface area contributed by atoms with Crippen LogP contribution in [0.3, 0.4) is 0 Å². The normalized spacial score (nSPS) is 14.3. The molecule has 1 aromatic heterocycles. The summed E-state index contributed by atoms with van der Waals surface area (Å²) in [6, 6.07) is 10.6. The molecule has 154 valence electrons. The molecule has 0 radical (unpaired) electrons. The van der Waals surface area contributed by atoms with Crippen molar-refractivity contribution in [2.24, 2.45) is 5.92 Å². The van der Waals surface area contributed by atoms with Crippen molar-refractivity contribution in [3.63, 3.8) is 0 Å². The molecule has 2 amide bonds. The third-order valence-electron chi connectivity index (χ3n) is 4.58. The smallest absolute Gasteiger partial charge is 0.278 e. The van der Waals surface area contributed by atoms with Crippen LogP contribution in [-0.2, 0) is 16.1 Å². The number of hydrogen-bond acceptors (Lipinski definition) is 6. The van der Waals surface area contributed by atoms with Gasteiger partial charge in [-0.25, -0.2) is 0 Å². The summed E-state index contributed by atoms with van der Waals surface area (Å²) < 4.78 is 11.0. The summed E-state index contributed by atoms with van der Waals surface area (Å²) in [7, 11) is 1.69. The van der Waals surface area contributed by atoms with Crippen LogP contribution in [0.25, 0.3) is 5.57 Å². The molecule has 3 rings (SSSR count). The van der Waals surface area contributed by atoms with Gasteiger partial charge in [0.1, 0.15) is 17.2 Å². The Morgan fingerprint density at radius 2 is 1.86 bits per heavy atom. The summed E-state index contributed by atoms with van der Waals surface area (Å²) in [5.41, 5.74) is 1.21. The molecule has 0 atom stereocenters. The molecule has 1 aromatic carbocycles. The molecule has 0 unspecified atom stereocenters. The first-order chi connectivity index (χ1) is 13.9. The van der Waals surface area contributed by atoms with Crippen LogP contribution in [0, 0.1) is 5.92 Å². The molecule has 0 saturated heterocycles. The highest BCUT2D eigenvalue weighted by Gasteiger charge is 2.41. The number of aliphatic hydroxyl groups excluding tert-OH is 1. The number of benzene rings is 1. The van der Waals surface area contributed by atoms with E-state index < -0.39 is 5.91 Å². The summed E-state index contributed by atoms with van der Waals surface area (Å²) >= 11 is 0. The molecule has 1 aliphatic rings. The maximum atomic E-state index is 13.1. The topological polar surface area (TPSA) is 83.2 Å². The minimum absolute atomic E-state index is 0.0558. The molecule has 0 aliphatic carbocycles. The van der Waals surface area contributed by atoms with Gasteiger partial charge in [-0.1, -0.05) is 26.0 Å². The van der Waals surface area contributed by atoms with Crippen LogP contribution in [0.5, 0.6) is 5.75 Å². The van der Waals surface area contributed by atoms with Crippen molar-refractivity contribution in [1.82, 2.24) is 9.80 Å². The fraction of sp³-hybridized carbons (Fsp3) is 0.364. The molecular weight excluding hydrogens is 372 g/mol. The van der Waals surface area contributed by atoms with Gasteiger partial charge in [0.25, 0.3) is 11.8 Å². The van der Waals surface area contributed by atoms with E-state index in [1.165, 1.54) is 11.2 Å². The molecule has 1 N–H and O–H groups in total. The summed E-state index contributed by atoms with van der Waals surface area (Å²) in [4.78, 5) is 29.0. The van der Waals surface area contributed by atoms with E-state index in [1.807, 2.05) is 0 Å². The average Bonchev–Trinajstić information content (AvgIpc) is 3.29. The van der Waals surface area contributed by atoms with Gasteiger partial charge in [0, 0.05) is 13.6 Å². The first-order valence-corrected chi connectivity index (χ1v) is 9.60. The number of amides is 2. The van der Waals surface area contributed by atoms with Crippen molar-refractivity contribution in [2.45, 2.75) is 20.4 Å². The van der Waals surface area contributed by atoms with E-state index in [2.05, 4.69) is 13.8 Å². The molecule has 0 spiro atoms. The fourth-order valence-electron chi connectivity index (χ4n) is 3.12. The zero-order chi connectivity index (χ0) is 21.0. The predicted octanol–water partition coefficient (Wildman–Crippen LogP) is 2.52. The molecule has 0 saturated carbocycles. The fourth-order valence-corrected chi connectivity index (χ4v) is 3.12. The Morgan fingerprint density at radius 1 is 1.14 bits per heavy atom. The Kier molecular flexibility index (Phi) is 6.39. The van der Waals surface area contributed by atoms with Crippen LogP contribution >= 0.6 is 0 Å². The van der Waals surface area contributed by atoms with Crippen LogP contribution in [0.4, 0.5) is 0 Å². The van der Waals surface area contributed by atoms with Gasteiger partial charge in [0.05, 0.1) is 31.6 Å². The number of aliphatic hydroxyl groups is 1. The highest BCUT2D eigenvalue weighted by molar-refractivity contribution is 6.35. The van der Waals surface area contributed by atoms with Crippen molar-refractivity contribution in [2.75, 3.05) is 26.8 Å². The number of rotatable bonds is 9. The Hall–Kier alpha value is -3.06. The van der Waals surface area contributed by atoms with E-state index in [1.54, 1.807) is 48.3 Å². The Balaban J connectivity index is 1.92. The largest absolute Gasteiger partial charge is 0.493 e. The average molecular weight is 398 g/mol. The second-order valence-corrected chi connectivity index (χ2v) is 7.37. The van der Waals surface area contributed by atoms with E-state index in [0.29, 0.717) is 35.2 Å². The third kappa shape index (κ3) is 4.51. The van der Waals surface area contributed by atoms with Gasteiger partial charge in [-0.05, 0) is 35.7 Å². The Bertz CT molecular complexity index is 884. The van der Waals surface area contributed by atoms with E-state index >= 15 is 0 Å². The lowest BCUT2D eigenvalue weighted by atomic mass is 10.0. The quantitative estimate of drug-likeness (QED) is 0.654. The molecule has 7 nitrogen and oxygen atoms in total. The monoisotopic (exact) mass is 398 g/mol. The van der Waals surface area contributed by atoms with Crippen LogP contribution in [0.1, 0.15) is 25.2 Å². The number of imide groups is 1. The van der Waals surface area contributed by atoms with Gasteiger partial charge in [-0.2, -0.15) is 0 Å². The predicted molar refractivity (Wildman–Crippen MR) is 108 cm³/mol. The van der Waals surface area contributed by atoms with Gasteiger partial charge in [-0.3, -0.25) is 14.5 Å². The third-order valence-corrected chi connectivity index (χ3v) is 4.58. The molecule has 2 heterocycles. The summed E-state index contributed by atoms with van der Waals surface area (Å²) in [6.45, 7) is 4.90. The summed E-state index contributed by atoms with van der Waals surface area (Å²) in [5.74, 6) is 0.840. The SMILES string of the molecule is CC(C)COc1ccc(C2=C(N(C)CCO)C(=O)N(Cc3ccco3)C2=O)cc1. The van der Waals surface area contributed by atoms with Crippen molar-refractivity contribution in [3.05, 3.63) is 59.7 Å². The standard InChI is InChI=1S/C22H26N2O5/c1-15(2)14-29-17-8-6-16(7-9-17)19-20(23(3)10-11-25)22(27)24(21(19)26)13-18-5-4-12-28-18/h4-9,12,15,25H,10-11,13-14H2,1-3H3. The summed E-state index contributed by atoms with van der Waals surface area (Å²) in [6.07, 6.45) is 1.50. The number of likely N-dealkylation sites (N-methyl/N-ethyl adjacent to an activating group) is 1. The number of hydrogen-bond donors (Lipinski definition) is 1. The minimum atomic E-state index is -0.405. The highest BCUT2D eigenvalue weighted by atomic mass is 16.5. The first kappa shape index (κ1) is 20.7. The van der Waals surface area contributed by atoms with E-state index in [-0.39, 0.29) is 31.3 Å². The Labute approximate surface area is 170 Å². The van der Waals surface area contributed by atoms with E-state index in [9.17, 15) is 14.7 Å². The van der Waals surface area contributed by atoms with Crippen LogP contribution in [-0.4, -0.2) is 53.5 Å².